The number of hydrogen-bond acceptors (Lipinski definition) is 5. The summed E-state index contributed by atoms with van der Waals surface area (Å²) in [4.78, 5) is 24.2. The predicted molar refractivity (Wildman–Crippen MR) is 88.3 cm³/mol. The maximum absolute atomic E-state index is 12.3. The average molecular weight is 379 g/mol. The van der Waals surface area contributed by atoms with Crippen LogP contribution in [-0.4, -0.2) is 32.6 Å². The third-order valence-electron chi connectivity index (χ3n) is 3.12. The summed E-state index contributed by atoms with van der Waals surface area (Å²) in [6.45, 7) is -0.377. The summed E-state index contributed by atoms with van der Waals surface area (Å²) in [7, 11) is 2.97. The highest BCUT2D eigenvalue weighted by Gasteiger charge is 2.16. The Labute approximate surface area is 142 Å². The minimum atomic E-state index is -0.562. The van der Waals surface area contributed by atoms with Crippen molar-refractivity contribution in [3.05, 3.63) is 58.1 Å². The molecule has 2 aromatic rings. The lowest BCUT2D eigenvalue weighted by molar-refractivity contribution is 0.0474. The lowest BCUT2D eigenvalue weighted by Crippen LogP contribution is -2.15. The number of Topliss-reactive ketones (excluding diaryl/α,β-unsaturated/α-hetero) is 1. The fraction of sp³-hybridized carbons (Fsp3) is 0.176. The van der Waals surface area contributed by atoms with Gasteiger partial charge in [-0.2, -0.15) is 0 Å². The van der Waals surface area contributed by atoms with Gasteiger partial charge in [-0.05, 0) is 42.5 Å². The van der Waals surface area contributed by atoms with Crippen LogP contribution in [0.3, 0.4) is 0 Å². The molecule has 0 spiro atoms. The highest BCUT2D eigenvalue weighted by atomic mass is 79.9. The van der Waals surface area contributed by atoms with Crippen molar-refractivity contribution in [1.82, 2.24) is 0 Å². The van der Waals surface area contributed by atoms with Crippen molar-refractivity contribution in [3.8, 4) is 11.5 Å². The van der Waals surface area contributed by atoms with E-state index in [2.05, 4.69) is 15.9 Å². The highest BCUT2D eigenvalue weighted by Crippen LogP contribution is 2.24. The summed E-state index contributed by atoms with van der Waals surface area (Å²) < 4.78 is 16.1. The third-order valence-corrected chi connectivity index (χ3v) is 3.65. The maximum Gasteiger partial charge on any atom is 0.338 e. The molecule has 0 heterocycles. The zero-order valence-corrected chi connectivity index (χ0v) is 14.3. The quantitative estimate of drug-likeness (QED) is 0.568. The molecule has 0 amide bonds. The zero-order valence-electron chi connectivity index (χ0n) is 12.7. The first-order valence-corrected chi connectivity index (χ1v) is 7.52. The van der Waals surface area contributed by atoms with E-state index in [4.69, 9.17) is 14.2 Å². The fourth-order valence-electron chi connectivity index (χ4n) is 1.91. The van der Waals surface area contributed by atoms with Crippen LogP contribution in [0.25, 0.3) is 0 Å². The Balaban J connectivity index is 2.07. The van der Waals surface area contributed by atoms with Crippen LogP contribution in [0.4, 0.5) is 0 Å². The number of carbonyl (C=O) groups is 2. The van der Waals surface area contributed by atoms with Crippen molar-refractivity contribution in [2.45, 2.75) is 0 Å². The summed E-state index contributed by atoms with van der Waals surface area (Å²) in [6, 6.07) is 11.5. The van der Waals surface area contributed by atoms with Crippen LogP contribution in [0, 0.1) is 0 Å². The molecule has 0 fully saturated rings. The van der Waals surface area contributed by atoms with E-state index in [0.29, 0.717) is 22.6 Å². The molecule has 2 aromatic carbocycles. The monoisotopic (exact) mass is 378 g/mol. The molecule has 6 heteroatoms. The molecule has 0 aliphatic rings. The maximum atomic E-state index is 12.3. The first-order valence-electron chi connectivity index (χ1n) is 6.73. The Morgan fingerprint density at radius 3 is 2.30 bits per heavy atom. The molecular weight excluding hydrogens is 364 g/mol. The summed E-state index contributed by atoms with van der Waals surface area (Å²) in [5.41, 5.74) is 0.675. The van der Waals surface area contributed by atoms with Gasteiger partial charge in [-0.3, -0.25) is 4.79 Å². The molecule has 0 saturated carbocycles. The number of methoxy groups -OCH3 is 2. The van der Waals surface area contributed by atoms with Gasteiger partial charge in [-0.15, -0.1) is 0 Å². The van der Waals surface area contributed by atoms with Crippen molar-refractivity contribution in [1.29, 1.82) is 0 Å². The van der Waals surface area contributed by atoms with Gasteiger partial charge >= 0.3 is 5.97 Å². The number of rotatable bonds is 6. The molecule has 5 nitrogen and oxygen atoms in total. The molecule has 0 aromatic heterocycles. The molecule has 0 aliphatic carbocycles. The van der Waals surface area contributed by atoms with Crippen LogP contribution in [-0.2, 0) is 4.74 Å². The van der Waals surface area contributed by atoms with Crippen LogP contribution in [0.15, 0.2) is 46.9 Å². The Bertz CT molecular complexity index is 709. The van der Waals surface area contributed by atoms with Crippen molar-refractivity contribution in [3.63, 3.8) is 0 Å². The third kappa shape index (κ3) is 4.32. The Morgan fingerprint density at radius 2 is 1.70 bits per heavy atom. The fourth-order valence-corrected chi connectivity index (χ4v) is 2.17. The number of halogens is 1. The van der Waals surface area contributed by atoms with Gasteiger partial charge < -0.3 is 14.2 Å². The van der Waals surface area contributed by atoms with Crippen LogP contribution in [0.2, 0.25) is 0 Å². The highest BCUT2D eigenvalue weighted by molar-refractivity contribution is 9.10. The number of carbonyl (C=O) groups excluding carboxylic acids is 2. The smallest absolute Gasteiger partial charge is 0.338 e. The zero-order chi connectivity index (χ0) is 16.8. The largest absolute Gasteiger partial charge is 0.497 e. The number of esters is 1. The van der Waals surface area contributed by atoms with Gasteiger partial charge in [0.25, 0.3) is 0 Å². The first-order chi connectivity index (χ1) is 11.0. The lowest BCUT2D eigenvalue weighted by Gasteiger charge is -2.10. The van der Waals surface area contributed by atoms with Gasteiger partial charge in [0.15, 0.2) is 6.61 Å². The Morgan fingerprint density at radius 1 is 1.00 bits per heavy atom. The summed E-state index contributed by atoms with van der Waals surface area (Å²) in [5.74, 6) is -0.0113. The first kappa shape index (κ1) is 17.0. The Hall–Kier alpha value is -2.34. The second-order valence-electron chi connectivity index (χ2n) is 4.57. The van der Waals surface area contributed by atoms with E-state index in [1.807, 2.05) is 0 Å². The average Bonchev–Trinajstić information content (AvgIpc) is 2.59. The molecule has 0 aliphatic heterocycles. The van der Waals surface area contributed by atoms with Gasteiger partial charge in [0.1, 0.15) is 11.5 Å². The topological polar surface area (TPSA) is 61.8 Å². The van der Waals surface area contributed by atoms with E-state index in [-0.39, 0.29) is 12.4 Å². The molecule has 0 saturated heterocycles. The summed E-state index contributed by atoms with van der Waals surface area (Å²) in [5, 5.41) is 0. The molecule has 0 radical (unpaired) electrons. The normalized spacial score (nSPS) is 10.0. The van der Waals surface area contributed by atoms with Crippen LogP contribution in [0.1, 0.15) is 20.7 Å². The molecule has 23 heavy (non-hydrogen) atoms. The summed E-state index contributed by atoms with van der Waals surface area (Å²) >= 11 is 3.28. The minimum Gasteiger partial charge on any atom is -0.497 e. The number of ether oxygens (including phenoxy) is 3. The van der Waals surface area contributed by atoms with Crippen molar-refractivity contribution < 1.29 is 23.8 Å². The standard InChI is InChI=1S/C17H15BrO5/c1-21-13-7-8-16(22-2)14(9-13)15(19)10-23-17(20)11-3-5-12(18)6-4-11/h3-9H,10H2,1-2H3. The lowest BCUT2D eigenvalue weighted by atomic mass is 10.1. The van der Waals surface area contributed by atoms with E-state index in [9.17, 15) is 9.59 Å². The molecule has 0 bridgehead atoms. The second kappa shape index (κ2) is 7.78. The SMILES string of the molecule is COc1ccc(OC)c(C(=O)COC(=O)c2ccc(Br)cc2)c1. The second-order valence-corrected chi connectivity index (χ2v) is 5.49. The summed E-state index contributed by atoms with van der Waals surface area (Å²) in [6.07, 6.45) is 0. The molecule has 0 atom stereocenters. The van der Waals surface area contributed by atoms with E-state index in [0.717, 1.165) is 4.47 Å². The van der Waals surface area contributed by atoms with Crippen molar-refractivity contribution in [2.24, 2.45) is 0 Å². The van der Waals surface area contributed by atoms with Crippen molar-refractivity contribution >= 4 is 27.7 Å². The van der Waals surface area contributed by atoms with Gasteiger partial charge in [0, 0.05) is 4.47 Å². The van der Waals surface area contributed by atoms with E-state index in [1.54, 1.807) is 42.5 Å². The van der Waals surface area contributed by atoms with Crippen LogP contribution < -0.4 is 9.47 Å². The number of ketones is 1. The van der Waals surface area contributed by atoms with E-state index in [1.165, 1.54) is 14.2 Å². The van der Waals surface area contributed by atoms with Gasteiger partial charge in [-0.1, -0.05) is 15.9 Å². The van der Waals surface area contributed by atoms with Gasteiger partial charge in [-0.25, -0.2) is 4.79 Å². The molecular formula is C17H15BrO5. The van der Waals surface area contributed by atoms with E-state index >= 15 is 0 Å². The van der Waals surface area contributed by atoms with Gasteiger partial charge in [0.2, 0.25) is 5.78 Å². The van der Waals surface area contributed by atoms with Crippen LogP contribution in [0.5, 0.6) is 11.5 Å². The van der Waals surface area contributed by atoms with Gasteiger partial charge in [0.05, 0.1) is 25.3 Å². The molecule has 0 unspecified atom stereocenters. The Kier molecular flexibility index (Phi) is 5.76. The van der Waals surface area contributed by atoms with E-state index < -0.39 is 5.97 Å². The predicted octanol–water partition coefficient (Wildman–Crippen LogP) is 3.51. The number of benzene rings is 2. The molecule has 120 valence electrons. The van der Waals surface area contributed by atoms with Crippen molar-refractivity contribution in [2.75, 3.05) is 20.8 Å². The van der Waals surface area contributed by atoms with Crippen LogP contribution >= 0.6 is 15.9 Å². The number of hydrogen-bond donors (Lipinski definition) is 0. The molecule has 0 N–H and O–H groups in total. The minimum absolute atomic E-state index is 0.301. The molecule has 2 rings (SSSR count).